The predicted octanol–water partition coefficient (Wildman–Crippen LogP) is 2.61. The molecule has 1 heterocycles. The van der Waals surface area contributed by atoms with Crippen LogP contribution in [0.2, 0.25) is 5.02 Å². The average molecular weight is 423 g/mol. The number of rotatable bonds is 7. The van der Waals surface area contributed by atoms with Gasteiger partial charge in [-0.2, -0.15) is 4.31 Å². The summed E-state index contributed by atoms with van der Waals surface area (Å²) in [6, 6.07) is 14.1. The summed E-state index contributed by atoms with van der Waals surface area (Å²) in [6.07, 6.45) is 1.02. The number of benzene rings is 2. The molecule has 0 unspecified atom stereocenters. The van der Waals surface area contributed by atoms with Crippen molar-refractivity contribution in [3.05, 3.63) is 64.7 Å². The number of carbonyl (C=O) groups excluding carboxylic acids is 1. The first-order chi connectivity index (χ1) is 13.4. The van der Waals surface area contributed by atoms with Crippen LogP contribution in [0.5, 0.6) is 0 Å². The Morgan fingerprint density at radius 3 is 2.25 bits per heavy atom. The van der Waals surface area contributed by atoms with E-state index in [0.717, 1.165) is 11.1 Å². The summed E-state index contributed by atoms with van der Waals surface area (Å²) < 4.78 is 31.8. The number of hydrogen-bond acceptors (Lipinski definition) is 4. The number of halogens is 1. The van der Waals surface area contributed by atoms with Crippen LogP contribution < -0.4 is 5.32 Å². The van der Waals surface area contributed by atoms with Crippen molar-refractivity contribution < 1.29 is 17.9 Å². The van der Waals surface area contributed by atoms with Crippen molar-refractivity contribution >= 4 is 27.5 Å². The third kappa shape index (κ3) is 5.54. The van der Waals surface area contributed by atoms with E-state index in [2.05, 4.69) is 5.32 Å². The molecule has 1 fully saturated rings. The number of hydrogen-bond donors (Lipinski definition) is 1. The molecule has 0 bridgehead atoms. The minimum Gasteiger partial charge on any atom is -0.379 e. The van der Waals surface area contributed by atoms with Crippen molar-refractivity contribution in [2.24, 2.45) is 0 Å². The average Bonchev–Trinajstić information content (AvgIpc) is 2.73. The number of nitrogens with zero attached hydrogens (tertiary/aromatic N) is 1. The molecule has 2 aromatic carbocycles. The summed E-state index contributed by atoms with van der Waals surface area (Å²) in [5.74, 6) is -0.0556. The number of carbonyl (C=O) groups is 1. The first-order valence-corrected chi connectivity index (χ1v) is 10.9. The van der Waals surface area contributed by atoms with Gasteiger partial charge in [-0.05, 0) is 41.8 Å². The molecule has 0 aliphatic carbocycles. The third-order valence-corrected chi connectivity index (χ3v) is 6.74. The van der Waals surface area contributed by atoms with Gasteiger partial charge in [-0.1, -0.05) is 35.9 Å². The van der Waals surface area contributed by atoms with Crippen LogP contribution in [0.15, 0.2) is 53.4 Å². The van der Waals surface area contributed by atoms with Gasteiger partial charge in [0.15, 0.2) is 0 Å². The molecule has 8 heteroatoms. The minimum absolute atomic E-state index is 0.0556. The fourth-order valence-corrected chi connectivity index (χ4v) is 4.45. The van der Waals surface area contributed by atoms with Crippen molar-refractivity contribution in [1.82, 2.24) is 9.62 Å². The van der Waals surface area contributed by atoms with Gasteiger partial charge in [-0.15, -0.1) is 0 Å². The van der Waals surface area contributed by atoms with Crippen LogP contribution in [0.25, 0.3) is 0 Å². The van der Waals surface area contributed by atoms with E-state index in [-0.39, 0.29) is 10.8 Å². The molecule has 0 atom stereocenters. The van der Waals surface area contributed by atoms with E-state index in [1.807, 2.05) is 12.1 Å². The van der Waals surface area contributed by atoms with Crippen LogP contribution in [0.4, 0.5) is 0 Å². The van der Waals surface area contributed by atoms with Crippen molar-refractivity contribution in [2.75, 3.05) is 26.3 Å². The quantitative estimate of drug-likeness (QED) is 0.744. The van der Waals surface area contributed by atoms with E-state index in [9.17, 15) is 13.2 Å². The monoisotopic (exact) mass is 422 g/mol. The van der Waals surface area contributed by atoms with E-state index in [0.29, 0.717) is 50.7 Å². The topological polar surface area (TPSA) is 75.7 Å². The summed E-state index contributed by atoms with van der Waals surface area (Å²) in [7, 11) is -3.50. The largest absolute Gasteiger partial charge is 0.379 e. The number of amides is 1. The van der Waals surface area contributed by atoms with Gasteiger partial charge in [0.1, 0.15) is 0 Å². The lowest BCUT2D eigenvalue weighted by molar-refractivity contribution is -0.121. The Morgan fingerprint density at radius 1 is 1.00 bits per heavy atom. The van der Waals surface area contributed by atoms with E-state index in [1.54, 1.807) is 36.4 Å². The summed E-state index contributed by atoms with van der Waals surface area (Å²) in [5.41, 5.74) is 1.90. The zero-order valence-corrected chi connectivity index (χ0v) is 17.0. The number of nitrogens with one attached hydrogen (secondary N) is 1. The van der Waals surface area contributed by atoms with Gasteiger partial charge in [0.25, 0.3) is 0 Å². The molecule has 1 saturated heterocycles. The predicted molar refractivity (Wildman–Crippen MR) is 108 cm³/mol. The first kappa shape index (κ1) is 20.8. The van der Waals surface area contributed by atoms with Crippen molar-refractivity contribution in [3.63, 3.8) is 0 Å². The van der Waals surface area contributed by atoms with Crippen molar-refractivity contribution in [1.29, 1.82) is 0 Å². The number of ether oxygens (including phenoxy) is 1. The standard InChI is InChI=1S/C20H23ClN2O4S/c21-18-6-1-16(2-7-18)5-10-20(24)22-15-17-3-8-19(9-4-17)28(25,26)23-11-13-27-14-12-23/h1-4,6-9H,5,10-15H2,(H,22,24). The summed E-state index contributed by atoms with van der Waals surface area (Å²) in [6.45, 7) is 1.93. The van der Waals surface area contributed by atoms with Crippen LogP contribution >= 0.6 is 11.6 Å². The molecule has 150 valence electrons. The Hall–Kier alpha value is -1.93. The van der Waals surface area contributed by atoms with Crippen LogP contribution in [-0.2, 0) is 32.5 Å². The Kier molecular flexibility index (Phi) is 7.07. The maximum atomic E-state index is 12.6. The SMILES string of the molecule is O=C(CCc1ccc(Cl)cc1)NCc1ccc(S(=O)(=O)N2CCOCC2)cc1. The van der Waals surface area contributed by atoms with Gasteiger partial charge in [0.2, 0.25) is 15.9 Å². The Morgan fingerprint density at radius 2 is 1.61 bits per heavy atom. The van der Waals surface area contributed by atoms with Gasteiger partial charge in [-0.3, -0.25) is 4.79 Å². The third-order valence-electron chi connectivity index (χ3n) is 4.57. The molecule has 1 amide bonds. The molecule has 0 spiro atoms. The highest BCUT2D eigenvalue weighted by Gasteiger charge is 2.26. The number of sulfonamides is 1. The van der Waals surface area contributed by atoms with Gasteiger partial charge >= 0.3 is 0 Å². The number of aryl methyl sites for hydroxylation is 1. The lowest BCUT2D eigenvalue weighted by atomic mass is 10.1. The van der Waals surface area contributed by atoms with E-state index >= 15 is 0 Å². The fraction of sp³-hybridized carbons (Fsp3) is 0.350. The maximum Gasteiger partial charge on any atom is 0.243 e. The lowest BCUT2D eigenvalue weighted by Crippen LogP contribution is -2.40. The molecule has 0 radical (unpaired) electrons. The van der Waals surface area contributed by atoms with Crippen LogP contribution in [0.1, 0.15) is 17.5 Å². The smallest absolute Gasteiger partial charge is 0.243 e. The Bertz CT molecular complexity index is 893. The molecule has 2 aromatic rings. The molecular formula is C20H23ClN2O4S. The first-order valence-electron chi connectivity index (χ1n) is 9.13. The molecule has 0 aromatic heterocycles. The van der Waals surface area contributed by atoms with Gasteiger partial charge in [-0.25, -0.2) is 8.42 Å². The molecule has 1 N–H and O–H groups in total. The molecule has 1 aliphatic heterocycles. The summed E-state index contributed by atoms with van der Waals surface area (Å²) >= 11 is 5.85. The van der Waals surface area contributed by atoms with Crippen molar-refractivity contribution in [3.8, 4) is 0 Å². The highest BCUT2D eigenvalue weighted by atomic mass is 35.5. The molecule has 6 nitrogen and oxygen atoms in total. The number of morpholine rings is 1. The van der Waals surface area contributed by atoms with Crippen LogP contribution in [0.3, 0.4) is 0 Å². The molecule has 0 saturated carbocycles. The Labute approximate surface area is 170 Å². The molecule has 1 aliphatic rings. The fourth-order valence-electron chi connectivity index (χ4n) is 2.91. The van der Waals surface area contributed by atoms with E-state index in [4.69, 9.17) is 16.3 Å². The zero-order valence-electron chi connectivity index (χ0n) is 15.4. The van der Waals surface area contributed by atoms with Crippen LogP contribution in [0, 0.1) is 0 Å². The van der Waals surface area contributed by atoms with Crippen LogP contribution in [-0.4, -0.2) is 44.9 Å². The normalized spacial score (nSPS) is 15.3. The lowest BCUT2D eigenvalue weighted by Gasteiger charge is -2.26. The second-order valence-corrected chi connectivity index (χ2v) is 8.94. The second-order valence-electron chi connectivity index (χ2n) is 6.56. The Balaban J connectivity index is 1.49. The summed E-state index contributed by atoms with van der Waals surface area (Å²) in [5, 5.41) is 3.53. The highest BCUT2D eigenvalue weighted by Crippen LogP contribution is 2.18. The van der Waals surface area contributed by atoms with E-state index in [1.165, 1.54) is 4.31 Å². The second kappa shape index (κ2) is 9.52. The van der Waals surface area contributed by atoms with Gasteiger partial charge in [0.05, 0.1) is 18.1 Å². The van der Waals surface area contributed by atoms with Gasteiger partial charge in [0, 0.05) is 31.1 Å². The molecule has 3 rings (SSSR count). The van der Waals surface area contributed by atoms with E-state index < -0.39 is 10.0 Å². The minimum atomic E-state index is -3.50. The van der Waals surface area contributed by atoms with Crippen molar-refractivity contribution in [2.45, 2.75) is 24.3 Å². The maximum absolute atomic E-state index is 12.6. The highest BCUT2D eigenvalue weighted by molar-refractivity contribution is 7.89. The summed E-state index contributed by atoms with van der Waals surface area (Å²) in [4.78, 5) is 12.3. The molecule has 28 heavy (non-hydrogen) atoms. The van der Waals surface area contributed by atoms with Gasteiger partial charge < -0.3 is 10.1 Å². The molecular weight excluding hydrogens is 400 g/mol. The zero-order chi connectivity index (χ0) is 20.0.